The Kier molecular flexibility index (Phi) is 4.47. The van der Waals surface area contributed by atoms with Crippen molar-refractivity contribution in [1.82, 2.24) is 0 Å². The van der Waals surface area contributed by atoms with E-state index in [1.807, 2.05) is 0 Å². The number of aliphatic imine (C=N–C) groups is 1. The smallest absolute Gasteiger partial charge is 0.311 e. The molecule has 2 rings (SSSR count). The quantitative estimate of drug-likeness (QED) is 0.514. The summed E-state index contributed by atoms with van der Waals surface area (Å²) in [6.45, 7) is 1.40. The molecular formula is C15H13N3O4. The number of anilines is 1. The molecule has 0 heterocycles. The molecule has 2 N–H and O–H groups in total. The maximum absolute atomic E-state index is 11.0. The number of nitro groups is 1. The number of nitrogens with zero attached hydrogens (tertiary/aromatic N) is 2. The summed E-state index contributed by atoms with van der Waals surface area (Å²) in [6, 6.07) is 11.0. The molecule has 2 aromatic rings. The van der Waals surface area contributed by atoms with Gasteiger partial charge in [-0.3, -0.25) is 19.9 Å². The lowest BCUT2D eigenvalue weighted by Crippen LogP contribution is -2.05. The molecule has 0 spiro atoms. The second kappa shape index (κ2) is 6.49. The molecule has 112 valence electrons. The molecule has 2 aromatic carbocycles. The highest BCUT2D eigenvalue weighted by atomic mass is 16.6. The summed E-state index contributed by atoms with van der Waals surface area (Å²) in [4.78, 5) is 25.2. The Morgan fingerprint density at radius 3 is 2.73 bits per heavy atom. The molecule has 0 radical (unpaired) electrons. The van der Waals surface area contributed by atoms with E-state index in [1.165, 1.54) is 31.3 Å². The van der Waals surface area contributed by atoms with Crippen molar-refractivity contribution in [1.29, 1.82) is 0 Å². The lowest BCUT2D eigenvalue weighted by atomic mass is 10.2. The highest BCUT2D eigenvalue weighted by Gasteiger charge is 2.14. The monoisotopic (exact) mass is 299 g/mol. The van der Waals surface area contributed by atoms with Crippen LogP contribution in [0.3, 0.4) is 0 Å². The van der Waals surface area contributed by atoms with E-state index >= 15 is 0 Å². The summed E-state index contributed by atoms with van der Waals surface area (Å²) in [5.41, 5.74) is 0.984. The zero-order chi connectivity index (χ0) is 16.1. The summed E-state index contributed by atoms with van der Waals surface area (Å²) in [5.74, 6) is -0.633. The Morgan fingerprint density at radius 2 is 2.05 bits per heavy atom. The first-order valence-electron chi connectivity index (χ1n) is 6.35. The Bertz CT molecular complexity index is 756. The van der Waals surface area contributed by atoms with Crippen LogP contribution in [0.25, 0.3) is 0 Å². The summed E-state index contributed by atoms with van der Waals surface area (Å²) in [5, 5.41) is 23.2. The minimum atomic E-state index is -0.663. The number of nitrogens with one attached hydrogen (secondary N) is 1. The number of phenols is 1. The molecule has 0 fully saturated rings. The van der Waals surface area contributed by atoms with E-state index in [9.17, 15) is 20.0 Å². The van der Waals surface area contributed by atoms with Gasteiger partial charge in [0.15, 0.2) is 0 Å². The van der Waals surface area contributed by atoms with Crippen molar-refractivity contribution >= 4 is 29.2 Å². The van der Waals surface area contributed by atoms with Crippen LogP contribution in [0.1, 0.15) is 12.5 Å². The van der Waals surface area contributed by atoms with Crippen LogP contribution in [0.15, 0.2) is 47.5 Å². The zero-order valence-electron chi connectivity index (χ0n) is 11.7. The second-order valence-corrected chi connectivity index (χ2v) is 4.46. The number of hydrogen-bond donors (Lipinski definition) is 2. The van der Waals surface area contributed by atoms with Gasteiger partial charge in [-0.2, -0.15) is 0 Å². The highest BCUT2D eigenvalue weighted by molar-refractivity contribution is 5.90. The fourth-order valence-electron chi connectivity index (χ4n) is 1.81. The Morgan fingerprint density at radius 1 is 1.32 bits per heavy atom. The van der Waals surface area contributed by atoms with Gasteiger partial charge >= 0.3 is 5.69 Å². The second-order valence-electron chi connectivity index (χ2n) is 4.46. The van der Waals surface area contributed by atoms with Gasteiger partial charge in [-0.1, -0.05) is 12.1 Å². The number of benzene rings is 2. The van der Waals surface area contributed by atoms with Gasteiger partial charge in [0.2, 0.25) is 11.7 Å². The number of aromatic hydroxyl groups is 1. The molecule has 0 bridgehead atoms. The number of hydrogen-bond acceptors (Lipinski definition) is 5. The summed E-state index contributed by atoms with van der Waals surface area (Å²) >= 11 is 0. The lowest BCUT2D eigenvalue weighted by molar-refractivity contribution is -0.385. The van der Waals surface area contributed by atoms with E-state index in [2.05, 4.69) is 10.3 Å². The van der Waals surface area contributed by atoms with Crippen LogP contribution < -0.4 is 5.32 Å². The molecule has 0 saturated carbocycles. The third kappa shape index (κ3) is 3.66. The third-order valence-corrected chi connectivity index (χ3v) is 2.76. The van der Waals surface area contributed by atoms with Gasteiger partial charge in [-0.25, -0.2) is 0 Å². The van der Waals surface area contributed by atoms with Gasteiger partial charge in [0, 0.05) is 30.5 Å². The van der Waals surface area contributed by atoms with E-state index in [-0.39, 0.29) is 17.2 Å². The van der Waals surface area contributed by atoms with Crippen LogP contribution in [-0.4, -0.2) is 22.2 Å². The minimum Gasteiger partial charge on any atom is -0.502 e. The molecule has 22 heavy (non-hydrogen) atoms. The number of para-hydroxylation sites is 1. The van der Waals surface area contributed by atoms with Crippen molar-refractivity contribution in [2.24, 2.45) is 4.99 Å². The summed E-state index contributed by atoms with van der Waals surface area (Å²) < 4.78 is 0. The SMILES string of the molecule is CC(=O)Nc1cccc(N=Cc2cccc([N+](=O)[O-])c2O)c1. The zero-order valence-corrected chi connectivity index (χ0v) is 11.7. The molecule has 7 nitrogen and oxygen atoms in total. The predicted molar refractivity (Wildman–Crippen MR) is 82.8 cm³/mol. The van der Waals surface area contributed by atoms with Gasteiger partial charge in [0.25, 0.3) is 0 Å². The molecule has 0 unspecified atom stereocenters. The third-order valence-electron chi connectivity index (χ3n) is 2.76. The number of amides is 1. The molecular weight excluding hydrogens is 286 g/mol. The molecule has 0 aromatic heterocycles. The van der Waals surface area contributed by atoms with Crippen LogP contribution in [0.5, 0.6) is 5.75 Å². The van der Waals surface area contributed by atoms with Crippen LogP contribution in [0, 0.1) is 10.1 Å². The first kappa shape index (κ1) is 15.2. The van der Waals surface area contributed by atoms with Gasteiger partial charge in [-0.15, -0.1) is 0 Å². The normalized spacial score (nSPS) is 10.6. The first-order valence-corrected chi connectivity index (χ1v) is 6.35. The largest absolute Gasteiger partial charge is 0.502 e. The van der Waals surface area contributed by atoms with Gasteiger partial charge in [0.1, 0.15) is 0 Å². The Labute approximate surface area is 126 Å². The van der Waals surface area contributed by atoms with Crippen molar-refractivity contribution in [3.8, 4) is 5.75 Å². The van der Waals surface area contributed by atoms with Crippen molar-refractivity contribution in [2.75, 3.05) is 5.32 Å². The van der Waals surface area contributed by atoms with E-state index < -0.39 is 10.7 Å². The van der Waals surface area contributed by atoms with Gasteiger partial charge in [-0.05, 0) is 24.3 Å². The Balaban J connectivity index is 2.27. The van der Waals surface area contributed by atoms with Crippen molar-refractivity contribution in [2.45, 2.75) is 6.92 Å². The fraction of sp³-hybridized carbons (Fsp3) is 0.0667. The number of carbonyl (C=O) groups excluding carboxylic acids is 1. The van der Waals surface area contributed by atoms with Gasteiger partial charge < -0.3 is 10.4 Å². The number of nitro benzene ring substituents is 1. The number of carbonyl (C=O) groups is 1. The van der Waals surface area contributed by atoms with Crippen LogP contribution >= 0.6 is 0 Å². The molecule has 0 aliphatic heterocycles. The van der Waals surface area contributed by atoms with Gasteiger partial charge in [0.05, 0.1) is 10.6 Å². The highest BCUT2D eigenvalue weighted by Crippen LogP contribution is 2.28. The van der Waals surface area contributed by atoms with Crippen LogP contribution in [-0.2, 0) is 4.79 Å². The maximum Gasteiger partial charge on any atom is 0.311 e. The first-order chi connectivity index (χ1) is 10.5. The standard InChI is InChI=1S/C15H13N3O4/c1-10(19)17-13-6-3-5-12(8-13)16-9-11-4-2-7-14(15(11)20)18(21)22/h2-9,20H,1H3,(H,17,19). The molecule has 0 atom stereocenters. The molecule has 1 amide bonds. The Hall–Kier alpha value is -3.22. The molecule has 0 saturated heterocycles. The van der Waals surface area contributed by atoms with E-state index in [0.29, 0.717) is 11.4 Å². The molecule has 0 aliphatic carbocycles. The summed E-state index contributed by atoms with van der Waals surface area (Å²) in [7, 11) is 0. The predicted octanol–water partition coefficient (Wildman–Crippen LogP) is 3.01. The number of phenolic OH excluding ortho intramolecular Hbond substituents is 1. The van der Waals surface area contributed by atoms with E-state index in [4.69, 9.17) is 0 Å². The summed E-state index contributed by atoms with van der Waals surface area (Å²) in [6.07, 6.45) is 1.33. The average molecular weight is 299 g/mol. The average Bonchev–Trinajstić information content (AvgIpc) is 2.45. The molecule has 7 heteroatoms. The van der Waals surface area contributed by atoms with E-state index in [0.717, 1.165) is 0 Å². The van der Waals surface area contributed by atoms with Crippen molar-refractivity contribution in [3.63, 3.8) is 0 Å². The minimum absolute atomic E-state index is 0.197. The topological polar surface area (TPSA) is 105 Å². The fourth-order valence-corrected chi connectivity index (χ4v) is 1.81. The maximum atomic E-state index is 11.0. The van der Waals surface area contributed by atoms with Crippen molar-refractivity contribution in [3.05, 3.63) is 58.1 Å². The molecule has 0 aliphatic rings. The number of rotatable bonds is 4. The van der Waals surface area contributed by atoms with E-state index in [1.54, 1.807) is 24.3 Å². The van der Waals surface area contributed by atoms with Crippen LogP contribution in [0.2, 0.25) is 0 Å². The van der Waals surface area contributed by atoms with Crippen LogP contribution in [0.4, 0.5) is 17.1 Å². The lowest BCUT2D eigenvalue weighted by Gasteiger charge is -2.03. The van der Waals surface area contributed by atoms with Crippen molar-refractivity contribution < 1.29 is 14.8 Å².